The summed E-state index contributed by atoms with van der Waals surface area (Å²) in [7, 11) is -3.73. The van der Waals surface area contributed by atoms with Gasteiger partial charge in [-0.25, -0.2) is 9.37 Å². The van der Waals surface area contributed by atoms with Gasteiger partial charge in [-0.05, 0) is 41.1 Å². The van der Waals surface area contributed by atoms with Crippen LogP contribution in [0.15, 0.2) is 33.9 Å². The molecule has 0 atom stereocenters. The number of aromatic amines is 1. The molecule has 0 fully saturated rings. The van der Waals surface area contributed by atoms with Crippen LogP contribution < -0.4 is 4.72 Å². The van der Waals surface area contributed by atoms with Gasteiger partial charge < -0.3 is 4.98 Å². The number of halogens is 2. The van der Waals surface area contributed by atoms with E-state index in [-0.39, 0.29) is 15.2 Å². The molecule has 0 radical (unpaired) electrons. The number of sulfonamides is 1. The Balaban J connectivity index is 2.30. The van der Waals surface area contributed by atoms with Crippen molar-refractivity contribution in [1.29, 1.82) is 0 Å². The number of H-pyrrole nitrogens is 1. The second-order valence-corrected chi connectivity index (χ2v) is 6.07. The summed E-state index contributed by atoms with van der Waals surface area (Å²) >= 11 is 2.98. The quantitative estimate of drug-likeness (QED) is 0.905. The third kappa shape index (κ3) is 2.70. The fraction of sp³-hybridized carbons (Fsp3) is 0.100. The number of anilines is 1. The highest BCUT2D eigenvalue weighted by atomic mass is 79.9. The van der Waals surface area contributed by atoms with Gasteiger partial charge in [-0.3, -0.25) is 4.72 Å². The summed E-state index contributed by atoms with van der Waals surface area (Å²) in [6.45, 7) is 1.65. The van der Waals surface area contributed by atoms with Crippen molar-refractivity contribution in [3.05, 3.63) is 40.5 Å². The summed E-state index contributed by atoms with van der Waals surface area (Å²) < 4.78 is 39.4. The first-order valence-electron chi connectivity index (χ1n) is 4.88. The lowest BCUT2D eigenvalue weighted by Gasteiger charge is -2.06. The number of hydrogen-bond donors (Lipinski definition) is 2. The molecule has 18 heavy (non-hydrogen) atoms. The standard InChI is InChI=1S/C10H9BrFN3O2S/c1-6-13-5-10(14-6)18(16,17)15-7-2-3-9(12)8(11)4-7/h2-5,15H,1H3,(H,13,14). The van der Waals surface area contributed by atoms with E-state index in [1.54, 1.807) is 6.92 Å². The van der Waals surface area contributed by atoms with Gasteiger partial charge in [0.25, 0.3) is 10.0 Å². The van der Waals surface area contributed by atoms with Crippen LogP contribution in [0.1, 0.15) is 5.82 Å². The molecule has 0 saturated carbocycles. The van der Waals surface area contributed by atoms with Crippen molar-refractivity contribution in [2.75, 3.05) is 4.72 Å². The zero-order chi connectivity index (χ0) is 13.3. The van der Waals surface area contributed by atoms with Crippen LogP contribution in [-0.2, 0) is 10.0 Å². The first-order valence-corrected chi connectivity index (χ1v) is 7.15. The third-order valence-electron chi connectivity index (χ3n) is 2.14. The van der Waals surface area contributed by atoms with Crippen LogP contribution in [-0.4, -0.2) is 18.4 Å². The minimum absolute atomic E-state index is 0.0413. The molecule has 8 heteroatoms. The van der Waals surface area contributed by atoms with Crippen molar-refractivity contribution in [3.63, 3.8) is 0 Å². The van der Waals surface area contributed by atoms with Crippen molar-refractivity contribution >= 4 is 31.6 Å². The van der Waals surface area contributed by atoms with Gasteiger partial charge in [-0.2, -0.15) is 8.42 Å². The molecule has 0 aliphatic rings. The topological polar surface area (TPSA) is 74.8 Å². The van der Waals surface area contributed by atoms with E-state index in [4.69, 9.17) is 0 Å². The highest BCUT2D eigenvalue weighted by Gasteiger charge is 2.17. The van der Waals surface area contributed by atoms with Crippen molar-refractivity contribution in [2.24, 2.45) is 0 Å². The Morgan fingerprint density at radius 3 is 2.72 bits per heavy atom. The average Bonchev–Trinajstić information content (AvgIpc) is 2.71. The van der Waals surface area contributed by atoms with Crippen LogP contribution in [0, 0.1) is 12.7 Å². The maximum atomic E-state index is 13.0. The van der Waals surface area contributed by atoms with Crippen molar-refractivity contribution in [1.82, 2.24) is 9.97 Å². The Morgan fingerprint density at radius 2 is 2.17 bits per heavy atom. The number of aryl methyl sites for hydroxylation is 1. The van der Waals surface area contributed by atoms with Crippen molar-refractivity contribution < 1.29 is 12.8 Å². The van der Waals surface area contributed by atoms with Crippen molar-refractivity contribution in [2.45, 2.75) is 11.9 Å². The lowest BCUT2D eigenvalue weighted by molar-refractivity contribution is 0.597. The smallest absolute Gasteiger partial charge is 0.278 e. The van der Waals surface area contributed by atoms with Gasteiger partial charge in [0.1, 0.15) is 11.6 Å². The molecule has 2 aromatic rings. The number of hydrogen-bond acceptors (Lipinski definition) is 3. The summed E-state index contributed by atoms with van der Waals surface area (Å²) in [4.78, 5) is 6.43. The molecule has 0 saturated heterocycles. The Kier molecular flexibility index (Phi) is 3.40. The molecule has 0 amide bonds. The van der Waals surface area contributed by atoms with Gasteiger partial charge in [0.2, 0.25) is 0 Å². The predicted octanol–water partition coefficient (Wildman–Crippen LogP) is 2.42. The van der Waals surface area contributed by atoms with Crippen LogP contribution >= 0.6 is 15.9 Å². The Hall–Kier alpha value is -1.41. The van der Waals surface area contributed by atoms with E-state index in [0.29, 0.717) is 5.82 Å². The van der Waals surface area contributed by atoms with Gasteiger partial charge in [0, 0.05) is 0 Å². The first-order chi connectivity index (χ1) is 8.38. The summed E-state index contributed by atoms with van der Waals surface area (Å²) in [5.41, 5.74) is 0.260. The van der Waals surface area contributed by atoms with Crippen molar-refractivity contribution in [3.8, 4) is 0 Å². The molecule has 96 valence electrons. The third-order valence-corrected chi connectivity index (χ3v) is 4.04. The molecule has 2 rings (SSSR count). The Labute approximate surface area is 112 Å². The fourth-order valence-electron chi connectivity index (χ4n) is 1.30. The number of nitrogens with one attached hydrogen (secondary N) is 2. The Bertz CT molecular complexity index is 684. The molecule has 0 aliphatic heterocycles. The molecule has 5 nitrogen and oxygen atoms in total. The number of aromatic nitrogens is 2. The van der Waals surface area contributed by atoms with Gasteiger partial charge in [-0.15, -0.1) is 0 Å². The van der Waals surface area contributed by atoms with E-state index in [1.807, 2.05) is 0 Å². The minimum Gasteiger partial charge on any atom is -0.332 e. The first kappa shape index (κ1) is 13.0. The predicted molar refractivity (Wildman–Crippen MR) is 68.2 cm³/mol. The average molecular weight is 334 g/mol. The molecular formula is C10H9BrFN3O2S. The monoisotopic (exact) mass is 333 g/mol. The molecule has 1 aromatic heterocycles. The summed E-state index contributed by atoms with van der Waals surface area (Å²) in [6, 6.07) is 3.84. The van der Waals surface area contributed by atoms with Gasteiger partial charge in [-0.1, -0.05) is 0 Å². The maximum absolute atomic E-state index is 13.0. The molecule has 0 spiro atoms. The highest BCUT2D eigenvalue weighted by Crippen LogP contribution is 2.22. The number of rotatable bonds is 3. The largest absolute Gasteiger partial charge is 0.332 e. The zero-order valence-corrected chi connectivity index (χ0v) is 11.6. The minimum atomic E-state index is -3.73. The molecular weight excluding hydrogens is 325 g/mol. The van der Waals surface area contributed by atoms with Crippen LogP contribution in [0.2, 0.25) is 0 Å². The van der Waals surface area contributed by atoms with E-state index < -0.39 is 15.8 Å². The lowest BCUT2D eigenvalue weighted by atomic mass is 10.3. The lowest BCUT2D eigenvalue weighted by Crippen LogP contribution is -2.13. The summed E-state index contributed by atoms with van der Waals surface area (Å²) in [6.07, 6.45) is 1.22. The molecule has 1 heterocycles. The van der Waals surface area contributed by atoms with E-state index in [1.165, 1.54) is 24.4 Å². The molecule has 0 aliphatic carbocycles. The molecule has 1 aromatic carbocycles. The van der Waals surface area contributed by atoms with Crippen LogP contribution in [0.4, 0.5) is 10.1 Å². The second kappa shape index (κ2) is 4.69. The van der Waals surface area contributed by atoms with Gasteiger partial charge in [0.15, 0.2) is 5.03 Å². The summed E-state index contributed by atoms with van der Waals surface area (Å²) in [5.74, 6) is 0.0333. The summed E-state index contributed by atoms with van der Waals surface area (Å²) in [5, 5.41) is -0.0413. The van der Waals surface area contributed by atoms with Crippen LogP contribution in [0.5, 0.6) is 0 Å². The van der Waals surface area contributed by atoms with E-state index in [0.717, 1.165) is 0 Å². The SMILES string of the molecule is Cc1ncc(S(=O)(=O)Nc2ccc(F)c(Br)c2)[nH]1. The number of imidazole rings is 1. The zero-order valence-electron chi connectivity index (χ0n) is 9.24. The number of benzene rings is 1. The maximum Gasteiger partial charge on any atom is 0.278 e. The normalized spacial score (nSPS) is 11.5. The highest BCUT2D eigenvalue weighted by molar-refractivity contribution is 9.10. The van der Waals surface area contributed by atoms with E-state index in [2.05, 4.69) is 30.6 Å². The van der Waals surface area contributed by atoms with Crippen LogP contribution in [0.3, 0.4) is 0 Å². The molecule has 0 unspecified atom stereocenters. The molecule has 2 N–H and O–H groups in total. The number of nitrogens with zero attached hydrogens (tertiary/aromatic N) is 1. The fourth-order valence-corrected chi connectivity index (χ4v) is 2.70. The van der Waals surface area contributed by atoms with Crippen LogP contribution in [0.25, 0.3) is 0 Å². The van der Waals surface area contributed by atoms with Gasteiger partial charge >= 0.3 is 0 Å². The van der Waals surface area contributed by atoms with E-state index in [9.17, 15) is 12.8 Å². The van der Waals surface area contributed by atoms with E-state index >= 15 is 0 Å². The second-order valence-electron chi connectivity index (χ2n) is 3.57. The molecule has 0 bridgehead atoms. The Morgan fingerprint density at radius 1 is 1.44 bits per heavy atom. The van der Waals surface area contributed by atoms with Gasteiger partial charge in [0.05, 0.1) is 16.4 Å².